The number of carboxylic acids is 1. The predicted molar refractivity (Wildman–Crippen MR) is 118 cm³/mol. The fraction of sp³-hybridized carbons (Fsp3) is 0.375. The normalized spacial score (nSPS) is 12.3. The minimum absolute atomic E-state index is 0.0551. The number of aromatic nitrogens is 3. The van der Waals surface area contributed by atoms with Gasteiger partial charge in [0.15, 0.2) is 0 Å². The molecule has 0 bridgehead atoms. The average Bonchev–Trinajstić information content (AvgIpc) is 3.02. The number of carboxylic acid groups (broad SMARTS) is 1. The second-order valence-electron chi connectivity index (χ2n) is 8.13. The van der Waals surface area contributed by atoms with Gasteiger partial charge in [0.25, 0.3) is 0 Å². The number of aromatic carboxylic acids is 1. The van der Waals surface area contributed by atoms with E-state index < -0.39 is 5.97 Å². The van der Waals surface area contributed by atoms with Gasteiger partial charge in [-0.05, 0) is 42.0 Å². The zero-order valence-electron chi connectivity index (χ0n) is 18.0. The molecule has 6 nitrogen and oxygen atoms in total. The van der Waals surface area contributed by atoms with Gasteiger partial charge in [0.1, 0.15) is 5.82 Å². The molecule has 0 aliphatic rings. The van der Waals surface area contributed by atoms with Crippen LogP contribution in [0.15, 0.2) is 53.3 Å². The van der Waals surface area contributed by atoms with Crippen molar-refractivity contribution in [3.05, 3.63) is 76.0 Å². The highest BCUT2D eigenvalue weighted by atomic mass is 16.4. The van der Waals surface area contributed by atoms with Crippen molar-refractivity contribution in [3.63, 3.8) is 0 Å². The number of benzene rings is 2. The van der Waals surface area contributed by atoms with E-state index in [0.717, 1.165) is 29.8 Å². The summed E-state index contributed by atoms with van der Waals surface area (Å²) < 4.78 is 3.35. The zero-order chi connectivity index (χ0) is 21.8. The van der Waals surface area contributed by atoms with Crippen LogP contribution in [0.3, 0.4) is 0 Å². The lowest BCUT2D eigenvalue weighted by molar-refractivity contribution is 0.0697. The van der Waals surface area contributed by atoms with Gasteiger partial charge in [-0.2, -0.15) is 5.10 Å². The van der Waals surface area contributed by atoms with E-state index in [1.54, 1.807) is 27.4 Å². The van der Waals surface area contributed by atoms with E-state index >= 15 is 0 Å². The van der Waals surface area contributed by atoms with Crippen molar-refractivity contribution in [1.29, 1.82) is 0 Å². The summed E-state index contributed by atoms with van der Waals surface area (Å²) in [6.07, 6.45) is 1.58. The third kappa shape index (κ3) is 4.53. The van der Waals surface area contributed by atoms with Crippen LogP contribution in [0.25, 0.3) is 11.1 Å². The van der Waals surface area contributed by atoms with Crippen LogP contribution in [0.2, 0.25) is 0 Å². The summed E-state index contributed by atoms with van der Waals surface area (Å²) in [6, 6.07) is 14.7. The Bertz CT molecular complexity index is 1080. The molecule has 1 aromatic heterocycles. The molecule has 0 aliphatic carbocycles. The molecule has 0 amide bonds. The Balaban J connectivity index is 1.93. The van der Waals surface area contributed by atoms with Gasteiger partial charge in [-0.15, -0.1) is 0 Å². The molecule has 6 heteroatoms. The van der Waals surface area contributed by atoms with Gasteiger partial charge in [0, 0.05) is 6.42 Å². The first-order valence-electron chi connectivity index (χ1n) is 10.4. The summed E-state index contributed by atoms with van der Waals surface area (Å²) >= 11 is 0. The van der Waals surface area contributed by atoms with Crippen LogP contribution in [0.4, 0.5) is 0 Å². The minimum Gasteiger partial charge on any atom is -0.478 e. The molecule has 1 heterocycles. The standard InChI is InChI=1S/C24H29N3O3/c1-5-17(4)27-24(30)26(22(25-27)14-16(2)3)15-18-10-12-19(13-11-18)20-8-6-7-9-21(20)23(28)29/h6-13,16-17H,5,14-15H2,1-4H3,(H,28,29). The Morgan fingerprint density at radius 1 is 1.07 bits per heavy atom. The van der Waals surface area contributed by atoms with E-state index in [1.807, 2.05) is 44.2 Å². The van der Waals surface area contributed by atoms with E-state index in [4.69, 9.17) is 0 Å². The molecule has 0 spiro atoms. The smallest absolute Gasteiger partial charge is 0.346 e. The highest BCUT2D eigenvalue weighted by molar-refractivity contribution is 5.95. The Labute approximate surface area is 176 Å². The summed E-state index contributed by atoms with van der Waals surface area (Å²) in [6.45, 7) is 8.73. The summed E-state index contributed by atoms with van der Waals surface area (Å²) in [5.74, 6) is 0.249. The largest absolute Gasteiger partial charge is 0.478 e. The SMILES string of the molecule is CCC(C)n1nc(CC(C)C)n(Cc2ccc(-c3ccccc3C(=O)O)cc2)c1=O. The average molecular weight is 408 g/mol. The molecule has 0 fully saturated rings. The van der Waals surface area contributed by atoms with E-state index in [2.05, 4.69) is 18.9 Å². The molecule has 0 aliphatic heterocycles. The van der Waals surface area contributed by atoms with Crippen LogP contribution in [0.1, 0.15) is 61.9 Å². The van der Waals surface area contributed by atoms with E-state index in [9.17, 15) is 14.7 Å². The minimum atomic E-state index is -0.947. The highest BCUT2D eigenvalue weighted by Crippen LogP contribution is 2.24. The van der Waals surface area contributed by atoms with Crippen molar-refractivity contribution < 1.29 is 9.90 Å². The number of nitrogens with zero attached hydrogens (tertiary/aromatic N) is 3. The highest BCUT2D eigenvalue weighted by Gasteiger charge is 2.18. The lowest BCUT2D eigenvalue weighted by Crippen LogP contribution is -2.28. The molecule has 1 N–H and O–H groups in total. The monoisotopic (exact) mass is 407 g/mol. The first-order valence-corrected chi connectivity index (χ1v) is 10.4. The van der Waals surface area contributed by atoms with Gasteiger partial charge >= 0.3 is 11.7 Å². The summed E-state index contributed by atoms with van der Waals surface area (Å²) in [5.41, 5.74) is 2.68. The molecule has 0 radical (unpaired) electrons. The van der Waals surface area contributed by atoms with E-state index in [0.29, 0.717) is 18.0 Å². The first-order chi connectivity index (χ1) is 14.3. The molecule has 1 atom stereocenters. The molecule has 30 heavy (non-hydrogen) atoms. The Hall–Kier alpha value is -3.15. The van der Waals surface area contributed by atoms with Crippen LogP contribution < -0.4 is 5.69 Å². The Morgan fingerprint density at radius 2 is 1.73 bits per heavy atom. The van der Waals surface area contributed by atoms with E-state index in [1.165, 1.54) is 0 Å². The Morgan fingerprint density at radius 3 is 2.33 bits per heavy atom. The topological polar surface area (TPSA) is 77.1 Å². The first kappa shape index (κ1) is 21.6. The van der Waals surface area contributed by atoms with Crippen LogP contribution >= 0.6 is 0 Å². The van der Waals surface area contributed by atoms with Gasteiger partial charge in [-0.25, -0.2) is 14.3 Å². The number of hydrogen-bond donors (Lipinski definition) is 1. The summed E-state index contributed by atoms with van der Waals surface area (Å²) in [5, 5.41) is 14.0. The van der Waals surface area contributed by atoms with Crippen molar-refractivity contribution in [1.82, 2.24) is 14.3 Å². The van der Waals surface area contributed by atoms with Crippen molar-refractivity contribution in [2.24, 2.45) is 5.92 Å². The number of rotatable bonds is 8. The molecule has 0 saturated heterocycles. The third-order valence-corrected chi connectivity index (χ3v) is 5.32. The van der Waals surface area contributed by atoms with Crippen LogP contribution in [-0.2, 0) is 13.0 Å². The summed E-state index contributed by atoms with van der Waals surface area (Å²) in [4.78, 5) is 24.5. The second-order valence-corrected chi connectivity index (χ2v) is 8.13. The maximum absolute atomic E-state index is 13.0. The van der Waals surface area contributed by atoms with Crippen molar-refractivity contribution in [2.75, 3.05) is 0 Å². The van der Waals surface area contributed by atoms with Crippen LogP contribution in [-0.4, -0.2) is 25.4 Å². The lowest BCUT2D eigenvalue weighted by Gasteiger charge is -2.10. The third-order valence-electron chi connectivity index (χ3n) is 5.32. The van der Waals surface area contributed by atoms with Crippen LogP contribution in [0, 0.1) is 5.92 Å². The van der Waals surface area contributed by atoms with Crippen molar-refractivity contribution in [2.45, 2.75) is 53.1 Å². The van der Waals surface area contributed by atoms with Crippen LogP contribution in [0.5, 0.6) is 0 Å². The van der Waals surface area contributed by atoms with Gasteiger partial charge in [0.2, 0.25) is 0 Å². The van der Waals surface area contributed by atoms with E-state index in [-0.39, 0.29) is 17.3 Å². The molecule has 1 unspecified atom stereocenters. The number of carbonyl (C=O) groups is 1. The maximum atomic E-state index is 13.0. The summed E-state index contributed by atoms with van der Waals surface area (Å²) in [7, 11) is 0. The van der Waals surface area contributed by atoms with Crippen molar-refractivity contribution >= 4 is 5.97 Å². The lowest BCUT2D eigenvalue weighted by atomic mass is 9.99. The Kier molecular flexibility index (Phi) is 6.55. The van der Waals surface area contributed by atoms with Gasteiger partial charge in [-0.1, -0.05) is 63.2 Å². The second kappa shape index (κ2) is 9.11. The number of hydrogen-bond acceptors (Lipinski definition) is 3. The fourth-order valence-electron chi connectivity index (χ4n) is 3.48. The van der Waals surface area contributed by atoms with Gasteiger partial charge < -0.3 is 5.11 Å². The molecular formula is C24H29N3O3. The van der Waals surface area contributed by atoms with Crippen molar-refractivity contribution in [3.8, 4) is 11.1 Å². The quantitative estimate of drug-likeness (QED) is 0.591. The molecule has 0 saturated carbocycles. The molecule has 158 valence electrons. The maximum Gasteiger partial charge on any atom is 0.346 e. The molecule has 3 rings (SSSR count). The fourth-order valence-corrected chi connectivity index (χ4v) is 3.48. The molecular weight excluding hydrogens is 378 g/mol. The van der Waals surface area contributed by atoms with Gasteiger partial charge in [-0.3, -0.25) is 4.57 Å². The zero-order valence-corrected chi connectivity index (χ0v) is 18.0. The molecule has 3 aromatic rings. The predicted octanol–water partition coefficient (Wildman–Crippen LogP) is 4.63. The molecule has 2 aromatic carbocycles. The van der Waals surface area contributed by atoms with Gasteiger partial charge in [0.05, 0.1) is 18.2 Å².